The molecule has 17 heavy (non-hydrogen) atoms. The molecule has 0 spiro atoms. The molecule has 0 aliphatic carbocycles. The molecular weight excluding hydrogens is 212 g/mol. The van der Waals surface area contributed by atoms with Crippen LogP contribution in [0.25, 0.3) is 0 Å². The van der Waals surface area contributed by atoms with Crippen molar-refractivity contribution >= 4 is 5.91 Å². The third kappa shape index (κ3) is 3.01. The lowest BCUT2D eigenvalue weighted by molar-refractivity contribution is -0.142. The lowest BCUT2D eigenvalue weighted by atomic mass is 9.74. The molecule has 1 aliphatic rings. The third-order valence-corrected chi connectivity index (χ3v) is 4.70. The van der Waals surface area contributed by atoms with Crippen molar-refractivity contribution in [2.45, 2.75) is 53.4 Å². The van der Waals surface area contributed by atoms with E-state index in [9.17, 15) is 4.79 Å². The summed E-state index contributed by atoms with van der Waals surface area (Å²) < 4.78 is 0. The Balaban J connectivity index is 2.61. The Morgan fingerprint density at radius 1 is 1.24 bits per heavy atom. The molecule has 0 bridgehead atoms. The van der Waals surface area contributed by atoms with Crippen molar-refractivity contribution < 1.29 is 4.79 Å². The van der Waals surface area contributed by atoms with Gasteiger partial charge in [0.1, 0.15) is 0 Å². The average Bonchev–Trinajstić information content (AvgIpc) is 2.38. The highest BCUT2D eigenvalue weighted by Crippen LogP contribution is 2.38. The summed E-state index contributed by atoms with van der Waals surface area (Å²) in [5.41, 5.74) is 5.74. The number of rotatable bonds is 4. The lowest BCUT2D eigenvalue weighted by Gasteiger charge is -2.43. The van der Waals surface area contributed by atoms with Gasteiger partial charge in [-0.25, -0.2) is 0 Å². The van der Waals surface area contributed by atoms with Crippen LogP contribution in [0, 0.1) is 10.8 Å². The molecule has 3 nitrogen and oxygen atoms in total. The summed E-state index contributed by atoms with van der Waals surface area (Å²) in [4.78, 5) is 14.3. The molecule has 1 saturated heterocycles. The first-order chi connectivity index (χ1) is 7.90. The summed E-state index contributed by atoms with van der Waals surface area (Å²) in [5.74, 6) is 0.223. The fourth-order valence-corrected chi connectivity index (χ4v) is 2.66. The molecule has 0 saturated carbocycles. The number of piperidine rings is 1. The van der Waals surface area contributed by atoms with Gasteiger partial charge < -0.3 is 10.6 Å². The molecule has 0 radical (unpaired) electrons. The average molecular weight is 240 g/mol. The van der Waals surface area contributed by atoms with E-state index in [0.29, 0.717) is 12.0 Å². The molecule has 0 aromatic heterocycles. The first-order valence-electron chi connectivity index (χ1n) is 6.90. The topological polar surface area (TPSA) is 46.3 Å². The van der Waals surface area contributed by atoms with E-state index in [-0.39, 0.29) is 5.91 Å². The fraction of sp³-hybridized carbons (Fsp3) is 0.929. The molecule has 2 N–H and O–H groups in total. The Kier molecular flexibility index (Phi) is 4.59. The monoisotopic (exact) mass is 240 g/mol. The van der Waals surface area contributed by atoms with Crippen molar-refractivity contribution in [1.29, 1.82) is 0 Å². The van der Waals surface area contributed by atoms with Crippen LogP contribution in [0.3, 0.4) is 0 Å². The maximum atomic E-state index is 12.3. The number of carbonyl (C=O) groups is 1. The molecule has 1 fully saturated rings. The maximum Gasteiger partial charge on any atom is 0.229 e. The van der Waals surface area contributed by atoms with Gasteiger partial charge in [0.05, 0.1) is 5.41 Å². The van der Waals surface area contributed by atoms with E-state index in [1.54, 1.807) is 0 Å². The minimum absolute atomic E-state index is 0.223. The molecule has 0 aromatic rings. The molecular formula is C14H28N2O. The van der Waals surface area contributed by atoms with Crippen LogP contribution in [0.2, 0.25) is 0 Å². The van der Waals surface area contributed by atoms with Gasteiger partial charge in [0.2, 0.25) is 5.91 Å². The molecule has 1 aliphatic heterocycles. The van der Waals surface area contributed by atoms with E-state index in [1.165, 1.54) is 12.8 Å². The van der Waals surface area contributed by atoms with Gasteiger partial charge in [0.25, 0.3) is 0 Å². The second kappa shape index (κ2) is 5.38. The standard InChI is InChI=1S/C14H28N2O/c1-5-14(6-2)7-9-16(10-8-14)12(17)13(3,4)11-15/h5-11,15H2,1-4H3. The zero-order chi connectivity index (χ0) is 13.1. The quantitative estimate of drug-likeness (QED) is 0.820. The van der Waals surface area contributed by atoms with Crippen LogP contribution in [-0.2, 0) is 4.79 Å². The maximum absolute atomic E-state index is 12.3. The molecule has 0 aromatic carbocycles. The zero-order valence-electron chi connectivity index (χ0n) is 11.9. The van der Waals surface area contributed by atoms with Gasteiger partial charge in [-0.3, -0.25) is 4.79 Å². The normalized spacial score (nSPS) is 20.4. The third-order valence-electron chi connectivity index (χ3n) is 4.70. The second-order valence-corrected chi connectivity index (χ2v) is 6.09. The van der Waals surface area contributed by atoms with E-state index in [4.69, 9.17) is 5.73 Å². The summed E-state index contributed by atoms with van der Waals surface area (Å²) in [6.45, 7) is 10.7. The lowest BCUT2D eigenvalue weighted by Crippen LogP contribution is -2.49. The highest BCUT2D eigenvalue weighted by Gasteiger charge is 2.37. The Morgan fingerprint density at radius 2 is 1.71 bits per heavy atom. The van der Waals surface area contributed by atoms with Gasteiger partial charge in [-0.15, -0.1) is 0 Å². The predicted molar refractivity (Wildman–Crippen MR) is 71.7 cm³/mol. The Hall–Kier alpha value is -0.570. The van der Waals surface area contributed by atoms with Crippen LogP contribution in [-0.4, -0.2) is 30.4 Å². The highest BCUT2D eigenvalue weighted by atomic mass is 16.2. The Bertz CT molecular complexity index is 259. The van der Waals surface area contributed by atoms with Crippen LogP contribution in [0.1, 0.15) is 53.4 Å². The summed E-state index contributed by atoms with van der Waals surface area (Å²) in [5, 5.41) is 0. The predicted octanol–water partition coefficient (Wildman–Crippen LogP) is 2.40. The van der Waals surface area contributed by atoms with Gasteiger partial charge in [0.15, 0.2) is 0 Å². The van der Waals surface area contributed by atoms with Gasteiger partial charge in [-0.1, -0.05) is 26.7 Å². The van der Waals surface area contributed by atoms with Crippen LogP contribution >= 0.6 is 0 Å². The van der Waals surface area contributed by atoms with E-state index in [2.05, 4.69) is 13.8 Å². The van der Waals surface area contributed by atoms with E-state index >= 15 is 0 Å². The van der Waals surface area contributed by atoms with Gasteiger partial charge in [-0.2, -0.15) is 0 Å². The summed E-state index contributed by atoms with van der Waals surface area (Å²) in [6, 6.07) is 0. The SMILES string of the molecule is CCC1(CC)CCN(C(=O)C(C)(C)CN)CC1. The summed E-state index contributed by atoms with van der Waals surface area (Å²) >= 11 is 0. The number of amides is 1. The summed E-state index contributed by atoms with van der Waals surface area (Å²) in [6.07, 6.45) is 4.75. The molecule has 0 atom stereocenters. The van der Waals surface area contributed by atoms with Crippen LogP contribution in [0.15, 0.2) is 0 Å². The van der Waals surface area contributed by atoms with Crippen molar-refractivity contribution in [3.63, 3.8) is 0 Å². The van der Waals surface area contributed by atoms with Crippen molar-refractivity contribution in [2.24, 2.45) is 16.6 Å². The highest BCUT2D eigenvalue weighted by molar-refractivity contribution is 5.82. The largest absolute Gasteiger partial charge is 0.342 e. The minimum atomic E-state index is -0.404. The molecule has 1 heterocycles. The molecule has 100 valence electrons. The molecule has 1 rings (SSSR count). The van der Waals surface area contributed by atoms with Crippen LogP contribution < -0.4 is 5.73 Å². The van der Waals surface area contributed by atoms with Gasteiger partial charge >= 0.3 is 0 Å². The smallest absolute Gasteiger partial charge is 0.229 e. The van der Waals surface area contributed by atoms with E-state index in [0.717, 1.165) is 25.9 Å². The number of likely N-dealkylation sites (tertiary alicyclic amines) is 1. The number of nitrogens with two attached hydrogens (primary N) is 1. The van der Waals surface area contributed by atoms with Crippen molar-refractivity contribution in [2.75, 3.05) is 19.6 Å². The zero-order valence-corrected chi connectivity index (χ0v) is 11.9. The first kappa shape index (κ1) is 14.5. The fourth-order valence-electron chi connectivity index (χ4n) is 2.66. The van der Waals surface area contributed by atoms with Crippen LogP contribution in [0.5, 0.6) is 0 Å². The number of nitrogens with zero attached hydrogens (tertiary/aromatic N) is 1. The number of hydrogen-bond acceptors (Lipinski definition) is 2. The van der Waals surface area contributed by atoms with Crippen molar-refractivity contribution in [1.82, 2.24) is 4.90 Å². The second-order valence-electron chi connectivity index (χ2n) is 6.09. The van der Waals surface area contributed by atoms with E-state index in [1.807, 2.05) is 18.7 Å². The van der Waals surface area contributed by atoms with Gasteiger partial charge in [-0.05, 0) is 32.1 Å². The Labute approximate surface area is 106 Å². The molecule has 1 amide bonds. The summed E-state index contributed by atoms with van der Waals surface area (Å²) in [7, 11) is 0. The number of carbonyl (C=O) groups excluding carboxylic acids is 1. The number of hydrogen-bond donors (Lipinski definition) is 1. The van der Waals surface area contributed by atoms with Crippen molar-refractivity contribution in [3.05, 3.63) is 0 Å². The van der Waals surface area contributed by atoms with E-state index < -0.39 is 5.41 Å². The Morgan fingerprint density at radius 3 is 2.06 bits per heavy atom. The van der Waals surface area contributed by atoms with Crippen LogP contribution in [0.4, 0.5) is 0 Å². The van der Waals surface area contributed by atoms with Gasteiger partial charge in [0, 0.05) is 19.6 Å². The minimum Gasteiger partial charge on any atom is -0.342 e. The molecule has 3 heteroatoms. The first-order valence-corrected chi connectivity index (χ1v) is 6.90. The molecule has 0 unspecified atom stereocenters. The van der Waals surface area contributed by atoms with Crippen molar-refractivity contribution in [3.8, 4) is 0 Å².